The van der Waals surface area contributed by atoms with E-state index in [1.165, 1.54) is 19.6 Å². The average molecular weight is 271 g/mol. The zero-order chi connectivity index (χ0) is 13.8. The van der Waals surface area contributed by atoms with Gasteiger partial charge in [0.05, 0.1) is 0 Å². The molecule has 1 aliphatic heterocycles. The van der Waals surface area contributed by atoms with E-state index in [0.29, 0.717) is 0 Å². The van der Waals surface area contributed by atoms with Gasteiger partial charge in [-0.3, -0.25) is 4.90 Å². The highest BCUT2D eigenvalue weighted by Gasteiger charge is 2.08. The van der Waals surface area contributed by atoms with Crippen molar-refractivity contribution in [3.8, 4) is 0 Å². The molecule has 0 bridgehead atoms. The van der Waals surface area contributed by atoms with Gasteiger partial charge in [-0.05, 0) is 13.1 Å². The van der Waals surface area contributed by atoms with E-state index < -0.39 is 0 Å². The summed E-state index contributed by atoms with van der Waals surface area (Å²) in [6.45, 7) is 18.1. The van der Waals surface area contributed by atoms with Crippen molar-refractivity contribution in [2.24, 2.45) is 0 Å². The molecule has 0 aromatic heterocycles. The lowest BCUT2D eigenvalue weighted by molar-refractivity contribution is 0.237. The average Bonchev–Trinajstić information content (AvgIpc) is 2.46. The molecule has 0 atom stereocenters. The number of hydrogen-bond donors (Lipinski definition) is 3. The summed E-state index contributed by atoms with van der Waals surface area (Å²) in [6, 6.07) is 0. The minimum Gasteiger partial charge on any atom is -0.316 e. The summed E-state index contributed by atoms with van der Waals surface area (Å²) in [7, 11) is 0. The van der Waals surface area contributed by atoms with E-state index in [2.05, 4.69) is 39.6 Å². The Labute approximate surface area is 119 Å². The smallest absolute Gasteiger partial charge is 0.0108 e. The molecular formula is C14H33N5. The molecule has 0 aromatic carbocycles. The van der Waals surface area contributed by atoms with Crippen molar-refractivity contribution in [3.05, 3.63) is 0 Å². The maximum Gasteiger partial charge on any atom is 0.0108 e. The maximum absolute atomic E-state index is 3.56. The van der Waals surface area contributed by atoms with Crippen LogP contribution in [0.15, 0.2) is 0 Å². The van der Waals surface area contributed by atoms with Crippen LogP contribution in [0.3, 0.4) is 0 Å². The second-order valence-electron chi connectivity index (χ2n) is 5.13. The predicted molar refractivity (Wildman–Crippen MR) is 82.8 cm³/mol. The second kappa shape index (κ2) is 11.6. The third-order valence-corrected chi connectivity index (χ3v) is 3.72. The first-order valence-corrected chi connectivity index (χ1v) is 7.93. The fourth-order valence-corrected chi connectivity index (χ4v) is 2.38. The molecule has 1 saturated heterocycles. The normalized spacial score (nSPS) is 17.2. The van der Waals surface area contributed by atoms with Gasteiger partial charge < -0.3 is 20.9 Å². The Morgan fingerprint density at radius 3 is 2.32 bits per heavy atom. The molecule has 3 N–H and O–H groups in total. The van der Waals surface area contributed by atoms with Crippen LogP contribution >= 0.6 is 0 Å². The van der Waals surface area contributed by atoms with Gasteiger partial charge in [-0.15, -0.1) is 0 Å². The quantitative estimate of drug-likeness (QED) is 0.439. The Kier molecular flexibility index (Phi) is 10.3. The molecule has 1 fully saturated rings. The summed E-state index contributed by atoms with van der Waals surface area (Å²) in [4.78, 5) is 5.03. The lowest BCUT2D eigenvalue weighted by atomic mass is 10.3. The van der Waals surface area contributed by atoms with E-state index in [0.717, 1.165) is 58.9 Å². The van der Waals surface area contributed by atoms with E-state index in [1.54, 1.807) is 0 Å². The first kappa shape index (κ1) is 16.9. The summed E-state index contributed by atoms with van der Waals surface area (Å²) in [5.41, 5.74) is 0. The molecule has 1 heterocycles. The standard InChI is InChI=1S/C14H33N5/c1-3-15-5-10-18(4-2)11-6-16-7-12-19-13-8-17-9-14-19/h15-17H,3-14H2,1-2H3. The van der Waals surface area contributed by atoms with Crippen molar-refractivity contribution in [1.29, 1.82) is 0 Å². The highest BCUT2D eigenvalue weighted by Crippen LogP contribution is 1.90. The third-order valence-electron chi connectivity index (χ3n) is 3.72. The molecule has 1 rings (SSSR count). The van der Waals surface area contributed by atoms with E-state index in [9.17, 15) is 0 Å². The number of rotatable bonds is 11. The molecule has 0 amide bonds. The Hall–Kier alpha value is -0.200. The van der Waals surface area contributed by atoms with Gasteiger partial charge in [-0.25, -0.2) is 0 Å². The Morgan fingerprint density at radius 2 is 1.68 bits per heavy atom. The number of piperazine rings is 1. The molecule has 0 unspecified atom stereocenters. The molecule has 0 radical (unpaired) electrons. The summed E-state index contributed by atoms with van der Waals surface area (Å²) >= 11 is 0. The highest BCUT2D eigenvalue weighted by molar-refractivity contribution is 4.68. The van der Waals surface area contributed by atoms with Crippen molar-refractivity contribution in [1.82, 2.24) is 25.8 Å². The summed E-state index contributed by atoms with van der Waals surface area (Å²) in [5, 5.41) is 10.3. The third kappa shape index (κ3) is 8.55. The van der Waals surface area contributed by atoms with Crippen molar-refractivity contribution in [2.75, 3.05) is 78.5 Å². The fraction of sp³-hybridized carbons (Fsp3) is 1.00. The summed E-state index contributed by atoms with van der Waals surface area (Å²) in [5.74, 6) is 0. The largest absolute Gasteiger partial charge is 0.316 e. The lowest BCUT2D eigenvalue weighted by Gasteiger charge is -2.27. The Balaban J connectivity index is 1.92. The minimum atomic E-state index is 1.07. The molecule has 114 valence electrons. The molecule has 0 spiro atoms. The van der Waals surface area contributed by atoms with Crippen LogP contribution < -0.4 is 16.0 Å². The van der Waals surface area contributed by atoms with Crippen molar-refractivity contribution < 1.29 is 0 Å². The number of nitrogens with one attached hydrogen (secondary N) is 3. The molecule has 0 saturated carbocycles. The molecule has 19 heavy (non-hydrogen) atoms. The maximum atomic E-state index is 3.56. The second-order valence-corrected chi connectivity index (χ2v) is 5.13. The Morgan fingerprint density at radius 1 is 1.00 bits per heavy atom. The minimum absolute atomic E-state index is 1.07. The fourth-order valence-electron chi connectivity index (χ4n) is 2.38. The molecule has 0 aliphatic carbocycles. The zero-order valence-corrected chi connectivity index (χ0v) is 12.9. The van der Waals surface area contributed by atoms with Crippen LogP contribution in [-0.4, -0.2) is 88.3 Å². The van der Waals surface area contributed by atoms with Crippen molar-refractivity contribution in [3.63, 3.8) is 0 Å². The first-order valence-electron chi connectivity index (χ1n) is 7.93. The molecule has 1 aliphatic rings. The van der Waals surface area contributed by atoms with E-state index >= 15 is 0 Å². The van der Waals surface area contributed by atoms with Crippen LogP contribution in [0.2, 0.25) is 0 Å². The van der Waals surface area contributed by atoms with Gasteiger partial charge in [0.1, 0.15) is 0 Å². The van der Waals surface area contributed by atoms with Gasteiger partial charge >= 0.3 is 0 Å². The number of hydrogen-bond acceptors (Lipinski definition) is 5. The van der Waals surface area contributed by atoms with E-state index in [-0.39, 0.29) is 0 Å². The number of likely N-dealkylation sites (N-methyl/N-ethyl adjacent to an activating group) is 2. The molecule has 0 aromatic rings. The van der Waals surface area contributed by atoms with Gasteiger partial charge in [-0.2, -0.15) is 0 Å². The zero-order valence-electron chi connectivity index (χ0n) is 12.9. The van der Waals surface area contributed by atoms with Crippen LogP contribution in [0.1, 0.15) is 13.8 Å². The van der Waals surface area contributed by atoms with E-state index in [1.807, 2.05) is 0 Å². The first-order chi connectivity index (χ1) is 9.36. The predicted octanol–water partition coefficient (Wildman–Crippen LogP) is -0.587. The topological polar surface area (TPSA) is 42.6 Å². The molecule has 5 heteroatoms. The van der Waals surface area contributed by atoms with Crippen LogP contribution in [0.5, 0.6) is 0 Å². The SMILES string of the molecule is CCNCCN(CC)CCNCCN1CCNCC1. The summed E-state index contributed by atoms with van der Waals surface area (Å²) < 4.78 is 0. The van der Waals surface area contributed by atoms with Crippen molar-refractivity contribution >= 4 is 0 Å². The van der Waals surface area contributed by atoms with Crippen LogP contribution in [0.25, 0.3) is 0 Å². The van der Waals surface area contributed by atoms with Crippen molar-refractivity contribution in [2.45, 2.75) is 13.8 Å². The lowest BCUT2D eigenvalue weighted by Crippen LogP contribution is -2.46. The highest BCUT2D eigenvalue weighted by atomic mass is 15.2. The van der Waals surface area contributed by atoms with Gasteiger partial charge in [0, 0.05) is 65.4 Å². The van der Waals surface area contributed by atoms with Crippen LogP contribution in [0.4, 0.5) is 0 Å². The van der Waals surface area contributed by atoms with Gasteiger partial charge in [0.2, 0.25) is 0 Å². The Bertz CT molecular complexity index is 194. The summed E-state index contributed by atoms with van der Waals surface area (Å²) in [6.07, 6.45) is 0. The number of nitrogens with zero attached hydrogens (tertiary/aromatic N) is 2. The van der Waals surface area contributed by atoms with E-state index in [4.69, 9.17) is 0 Å². The van der Waals surface area contributed by atoms with Crippen LogP contribution in [0, 0.1) is 0 Å². The molecular weight excluding hydrogens is 238 g/mol. The van der Waals surface area contributed by atoms with Gasteiger partial charge in [-0.1, -0.05) is 13.8 Å². The van der Waals surface area contributed by atoms with Gasteiger partial charge in [0.15, 0.2) is 0 Å². The van der Waals surface area contributed by atoms with Crippen LogP contribution in [-0.2, 0) is 0 Å². The van der Waals surface area contributed by atoms with Gasteiger partial charge in [0.25, 0.3) is 0 Å². The monoisotopic (exact) mass is 271 g/mol. The molecule has 5 nitrogen and oxygen atoms in total.